The number of nitrogens with two attached hydrogens (primary N) is 1. The van der Waals surface area contributed by atoms with Gasteiger partial charge in [0.15, 0.2) is 0 Å². The van der Waals surface area contributed by atoms with Crippen LogP contribution < -0.4 is 5.73 Å². The fraction of sp³-hybridized carbons (Fsp3) is 0.500. The van der Waals surface area contributed by atoms with Crippen LogP contribution in [0.5, 0.6) is 5.75 Å². The summed E-state index contributed by atoms with van der Waals surface area (Å²) >= 11 is 5.80. The number of benzene rings is 1. The smallest absolute Gasteiger partial charge is 0.248 e. The third-order valence-electron chi connectivity index (χ3n) is 3.40. The second-order valence-corrected chi connectivity index (χ2v) is 5.09. The summed E-state index contributed by atoms with van der Waals surface area (Å²) in [7, 11) is 0. The molecule has 0 spiro atoms. The number of aromatic hydroxyl groups is 1. The Morgan fingerprint density at radius 2 is 1.76 bits per heavy atom. The number of rotatable bonds is 1. The van der Waals surface area contributed by atoms with E-state index in [1.807, 2.05) is 0 Å². The summed E-state index contributed by atoms with van der Waals surface area (Å²) in [5, 5.41) is 9.52. The Kier molecular flexibility index (Phi) is 3.04. The van der Waals surface area contributed by atoms with E-state index in [0.717, 1.165) is 0 Å². The Hall–Kier alpha value is -0.870. The van der Waals surface area contributed by atoms with Gasteiger partial charge < -0.3 is 10.8 Å². The van der Waals surface area contributed by atoms with Crippen LogP contribution in [0.4, 0.5) is 8.78 Å². The zero-order valence-electron chi connectivity index (χ0n) is 9.22. The molecule has 1 aliphatic rings. The van der Waals surface area contributed by atoms with Gasteiger partial charge >= 0.3 is 0 Å². The van der Waals surface area contributed by atoms with Crippen LogP contribution in [0, 0.1) is 0 Å². The summed E-state index contributed by atoms with van der Waals surface area (Å²) in [4.78, 5) is 0. The summed E-state index contributed by atoms with van der Waals surface area (Å²) in [5.74, 6) is -2.64. The van der Waals surface area contributed by atoms with E-state index in [1.54, 1.807) is 12.1 Å². The SMILES string of the molecule is NC1(c2ccc(O)c(Cl)c2)CCC(F)(F)CC1. The van der Waals surface area contributed by atoms with Crippen molar-refractivity contribution < 1.29 is 13.9 Å². The van der Waals surface area contributed by atoms with Crippen molar-refractivity contribution in [1.82, 2.24) is 0 Å². The normalized spacial score (nSPS) is 22.4. The minimum Gasteiger partial charge on any atom is -0.506 e. The van der Waals surface area contributed by atoms with Crippen molar-refractivity contribution in [1.29, 1.82) is 0 Å². The van der Waals surface area contributed by atoms with Crippen molar-refractivity contribution >= 4 is 11.6 Å². The molecule has 2 nitrogen and oxygen atoms in total. The third kappa shape index (κ3) is 2.53. The molecule has 1 saturated carbocycles. The van der Waals surface area contributed by atoms with E-state index >= 15 is 0 Å². The number of hydrogen-bond acceptors (Lipinski definition) is 2. The Morgan fingerprint density at radius 1 is 1.18 bits per heavy atom. The van der Waals surface area contributed by atoms with Crippen LogP contribution in [0.15, 0.2) is 18.2 Å². The van der Waals surface area contributed by atoms with Crippen LogP contribution in [0.2, 0.25) is 5.02 Å². The molecule has 2 rings (SSSR count). The van der Waals surface area contributed by atoms with Crippen LogP contribution in [-0.4, -0.2) is 11.0 Å². The predicted octanol–water partition coefficient (Wildman–Crippen LogP) is 3.41. The average molecular weight is 262 g/mol. The van der Waals surface area contributed by atoms with Crippen molar-refractivity contribution in [2.45, 2.75) is 37.1 Å². The molecule has 0 saturated heterocycles. The highest BCUT2D eigenvalue weighted by Gasteiger charge is 2.42. The highest BCUT2D eigenvalue weighted by Crippen LogP contribution is 2.43. The third-order valence-corrected chi connectivity index (χ3v) is 3.70. The molecule has 0 unspecified atom stereocenters. The largest absolute Gasteiger partial charge is 0.506 e. The van der Waals surface area contributed by atoms with Crippen LogP contribution in [0.25, 0.3) is 0 Å². The first-order valence-corrected chi connectivity index (χ1v) is 5.86. The van der Waals surface area contributed by atoms with Crippen molar-refractivity contribution in [3.63, 3.8) is 0 Å². The summed E-state index contributed by atoms with van der Waals surface area (Å²) in [5.41, 5.74) is 6.09. The first-order valence-electron chi connectivity index (χ1n) is 5.48. The average Bonchev–Trinajstić information content (AvgIpc) is 2.27. The molecule has 0 radical (unpaired) electrons. The highest BCUT2D eigenvalue weighted by atomic mass is 35.5. The molecule has 0 amide bonds. The van der Waals surface area contributed by atoms with Gasteiger partial charge in [-0.1, -0.05) is 17.7 Å². The molecule has 17 heavy (non-hydrogen) atoms. The fourth-order valence-corrected chi connectivity index (χ4v) is 2.35. The van der Waals surface area contributed by atoms with Gasteiger partial charge in [-0.2, -0.15) is 0 Å². The van der Waals surface area contributed by atoms with Gasteiger partial charge in [-0.15, -0.1) is 0 Å². The number of halogens is 3. The topological polar surface area (TPSA) is 46.2 Å². The quantitative estimate of drug-likeness (QED) is 0.814. The lowest BCUT2D eigenvalue weighted by Gasteiger charge is -2.37. The monoisotopic (exact) mass is 261 g/mol. The maximum atomic E-state index is 13.1. The van der Waals surface area contributed by atoms with E-state index in [4.69, 9.17) is 17.3 Å². The van der Waals surface area contributed by atoms with Gasteiger partial charge in [-0.05, 0) is 30.5 Å². The van der Waals surface area contributed by atoms with Crippen molar-refractivity contribution in [2.24, 2.45) is 5.73 Å². The predicted molar refractivity (Wildman–Crippen MR) is 62.4 cm³/mol. The standard InChI is InChI=1S/C12H14ClF2NO/c13-9-7-8(1-2-10(9)17)11(16)3-5-12(14,15)6-4-11/h1-2,7,17H,3-6,16H2. The molecule has 1 fully saturated rings. The van der Waals surface area contributed by atoms with Crippen molar-refractivity contribution in [3.8, 4) is 5.75 Å². The minimum atomic E-state index is -2.61. The molecular formula is C12H14ClF2NO. The number of alkyl halides is 2. The number of phenolic OH excluding ortho intramolecular Hbond substituents is 1. The zero-order valence-corrected chi connectivity index (χ0v) is 9.97. The molecule has 5 heteroatoms. The van der Waals surface area contributed by atoms with Crippen molar-refractivity contribution in [3.05, 3.63) is 28.8 Å². The second kappa shape index (κ2) is 4.10. The summed E-state index contributed by atoms with van der Waals surface area (Å²) in [6.45, 7) is 0. The Labute approximate surface area is 103 Å². The fourth-order valence-electron chi connectivity index (χ4n) is 2.17. The van der Waals surface area contributed by atoms with Crippen LogP contribution >= 0.6 is 11.6 Å². The zero-order chi connectivity index (χ0) is 12.7. The first-order chi connectivity index (χ1) is 7.82. The van der Waals surface area contributed by atoms with E-state index < -0.39 is 11.5 Å². The molecule has 0 aliphatic heterocycles. The Bertz CT molecular complexity index is 427. The Balaban J connectivity index is 2.24. The van der Waals surface area contributed by atoms with Crippen LogP contribution in [0.1, 0.15) is 31.2 Å². The second-order valence-electron chi connectivity index (χ2n) is 4.68. The van der Waals surface area contributed by atoms with Gasteiger partial charge in [-0.3, -0.25) is 0 Å². The maximum absolute atomic E-state index is 13.1. The summed E-state index contributed by atoms with van der Waals surface area (Å²) in [6.07, 6.45) is 0.0339. The highest BCUT2D eigenvalue weighted by molar-refractivity contribution is 6.32. The first kappa shape index (κ1) is 12.6. The minimum absolute atomic E-state index is 0.0276. The van der Waals surface area contributed by atoms with Gasteiger partial charge in [-0.25, -0.2) is 8.78 Å². The lowest BCUT2D eigenvalue weighted by molar-refractivity contribution is -0.0514. The number of hydrogen-bond donors (Lipinski definition) is 2. The van der Waals surface area contributed by atoms with Crippen LogP contribution in [0.3, 0.4) is 0 Å². The summed E-state index contributed by atoms with van der Waals surface area (Å²) < 4.78 is 26.2. The van der Waals surface area contributed by atoms with Gasteiger partial charge in [0, 0.05) is 18.4 Å². The van der Waals surface area contributed by atoms with E-state index in [1.165, 1.54) is 6.07 Å². The van der Waals surface area contributed by atoms with Crippen LogP contribution in [-0.2, 0) is 5.54 Å². The Morgan fingerprint density at radius 3 is 2.29 bits per heavy atom. The molecule has 0 atom stereocenters. The van der Waals surface area contributed by atoms with Crippen molar-refractivity contribution in [2.75, 3.05) is 0 Å². The lowest BCUT2D eigenvalue weighted by Crippen LogP contribution is -2.43. The van der Waals surface area contributed by atoms with E-state index in [9.17, 15) is 13.9 Å². The van der Waals surface area contributed by atoms with E-state index in [-0.39, 0.29) is 36.5 Å². The molecule has 0 heterocycles. The number of phenols is 1. The molecule has 0 bridgehead atoms. The van der Waals surface area contributed by atoms with E-state index in [0.29, 0.717) is 5.56 Å². The maximum Gasteiger partial charge on any atom is 0.248 e. The molecule has 1 aromatic rings. The van der Waals surface area contributed by atoms with Gasteiger partial charge in [0.05, 0.1) is 5.02 Å². The molecule has 0 aromatic heterocycles. The lowest BCUT2D eigenvalue weighted by atomic mass is 9.76. The summed E-state index contributed by atoms with van der Waals surface area (Å²) in [6, 6.07) is 4.64. The van der Waals surface area contributed by atoms with Gasteiger partial charge in [0.1, 0.15) is 5.75 Å². The molecule has 94 valence electrons. The molecular weight excluding hydrogens is 248 g/mol. The molecule has 3 N–H and O–H groups in total. The van der Waals surface area contributed by atoms with Gasteiger partial charge in [0.25, 0.3) is 0 Å². The molecule has 1 aromatic carbocycles. The van der Waals surface area contributed by atoms with Gasteiger partial charge in [0.2, 0.25) is 5.92 Å². The van der Waals surface area contributed by atoms with E-state index in [2.05, 4.69) is 0 Å². The molecule has 1 aliphatic carbocycles.